The van der Waals surface area contributed by atoms with Gasteiger partial charge in [0.1, 0.15) is 23.8 Å². The number of anilines is 1. The van der Waals surface area contributed by atoms with Crippen molar-refractivity contribution in [1.82, 2.24) is 0 Å². The van der Waals surface area contributed by atoms with Crippen LogP contribution in [0.4, 0.5) is 5.69 Å². The lowest BCUT2D eigenvalue weighted by Crippen LogP contribution is -2.61. The Labute approximate surface area is 197 Å². The maximum Gasteiger partial charge on any atom is 0.240 e. The summed E-state index contributed by atoms with van der Waals surface area (Å²) in [6.45, 7) is 10.6. The number of nitrogens with zero attached hydrogens (tertiary/aromatic N) is 2. The highest BCUT2D eigenvalue weighted by atomic mass is 15.3. The van der Waals surface area contributed by atoms with Gasteiger partial charge < -0.3 is 0 Å². The van der Waals surface area contributed by atoms with E-state index in [-0.39, 0.29) is 11.0 Å². The standard InChI is InChI=1S/C31H33N2/c1-22-11-5-10-16-28(22)33-21-32(31(4)18-17-29(33)30(31,2)3)20-27-25-14-8-6-12-23(25)19-24-13-7-9-15-26(24)27/h5-16,19,21,29H,17-18,20H2,1-4H3/q+1/t29-,31+/m0/s1. The molecule has 0 spiro atoms. The molecule has 2 heteroatoms. The van der Waals surface area contributed by atoms with Gasteiger partial charge in [-0.25, -0.2) is 4.90 Å². The Hall–Kier alpha value is -3.13. The minimum absolute atomic E-state index is 0.120. The van der Waals surface area contributed by atoms with Crippen LogP contribution in [0.5, 0.6) is 0 Å². The maximum absolute atomic E-state index is 2.66. The first-order valence-corrected chi connectivity index (χ1v) is 12.3. The Kier molecular flexibility index (Phi) is 4.46. The molecule has 2 atom stereocenters. The van der Waals surface area contributed by atoms with E-state index < -0.39 is 0 Å². The fourth-order valence-electron chi connectivity index (χ4n) is 6.57. The Morgan fingerprint density at radius 3 is 2.12 bits per heavy atom. The summed E-state index contributed by atoms with van der Waals surface area (Å²) in [6.07, 6.45) is 4.88. The molecule has 0 radical (unpaired) electrons. The molecule has 4 aromatic carbocycles. The molecule has 6 rings (SSSR count). The minimum atomic E-state index is 0.120. The largest absolute Gasteiger partial charge is 0.258 e. The van der Waals surface area contributed by atoms with E-state index in [9.17, 15) is 0 Å². The van der Waals surface area contributed by atoms with Crippen molar-refractivity contribution in [2.45, 2.75) is 58.7 Å². The third-order valence-electron chi connectivity index (χ3n) is 8.96. The Morgan fingerprint density at radius 2 is 1.45 bits per heavy atom. The minimum Gasteiger partial charge on any atom is -0.258 e. The van der Waals surface area contributed by atoms with Crippen LogP contribution in [0.1, 0.15) is 44.7 Å². The monoisotopic (exact) mass is 433 g/mol. The maximum atomic E-state index is 2.66. The molecule has 4 aromatic rings. The lowest BCUT2D eigenvalue weighted by molar-refractivity contribution is -0.634. The molecule has 0 N–H and O–H groups in total. The molecule has 0 unspecified atom stereocenters. The van der Waals surface area contributed by atoms with Crippen LogP contribution in [0, 0.1) is 12.3 Å². The highest BCUT2D eigenvalue weighted by Gasteiger charge is 2.63. The van der Waals surface area contributed by atoms with Gasteiger partial charge in [-0.05, 0) is 65.9 Å². The topological polar surface area (TPSA) is 6.25 Å². The van der Waals surface area contributed by atoms with Gasteiger partial charge in [-0.15, -0.1) is 0 Å². The van der Waals surface area contributed by atoms with E-state index in [2.05, 4.69) is 122 Å². The van der Waals surface area contributed by atoms with E-state index in [0.717, 1.165) is 6.54 Å². The normalized spacial score (nSPS) is 23.8. The second-order valence-electron chi connectivity index (χ2n) is 10.8. The predicted molar refractivity (Wildman–Crippen MR) is 140 cm³/mol. The van der Waals surface area contributed by atoms with Crippen molar-refractivity contribution < 1.29 is 4.58 Å². The number of benzene rings is 4. The van der Waals surface area contributed by atoms with E-state index in [4.69, 9.17) is 0 Å². The van der Waals surface area contributed by atoms with E-state index in [1.807, 2.05) is 0 Å². The highest BCUT2D eigenvalue weighted by molar-refractivity contribution is 6.02. The third-order valence-corrected chi connectivity index (χ3v) is 8.96. The first-order valence-electron chi connectivity index (χ1n) is 12.3. The number of rotatable bonds is 3. The van der Waals surface area contributed by atoms with Crippen molar-refractivity contribution >= 4 is 33.6 Å². The Morgan fingerprint density at radius 1 is 0.848 bits per heavy atom. The van der Waals surface area contributed by atoms with Crippen molar-refractivity contribution in [3.63, 3.8) is 0 Å². The van der Waals surface area contributed by atoms with E-state index in [0.29, 0.717) is 6.04 Å². The van der Waals surface area contributed by atoms with Gasteiger partial charge in [-0.2, -0.15) is 0 Å². The first kappa shape index (κ1) is 20.5. The number of fused-ring (bicyclic) bond motifs is 4. The summed E-state index contributed by atoms with van der Waals surface area (Å²) in [4.78, 5) is 2.58. The average Bonchev–Trinajstić information content (AvgIpc) is 2.95. The molecule has 0 aromatic heterocycles. The van der Waals surface area contributed by atoms with Crippen LogP contribution < -0.4 is 4.90 Å². The molecule has 1 aliphatic heterocycles. The second-order valence-corrected chi connectivity index (χ2v) is 10.8. The molecule has 2 nitrogen and oxygen atoms in total. The van der Waals surface area contributed by atoms with Crippen LogP contribution in [0.2, 0.25) is 0 Å². The predicted octanol–water partition coefficient (Wildman–Crippen LogP) is 7.31. The number of para-hydroxylation sites is 1. The summed E-state index contributed by atoms with van der Waals surface area (Å²) in [6, 6.07) is 29.5. The molecule has 0 amide bonds. The number of hydrogen-bond donors (Lipinski definition) is 0. The quantitative estimate of drug-likeness (QED) is 0.242. The molecular formula is C31H33N2+. The lowest BCUT2D eigenvalue weighted by atomic mass is 9.72. The van der Waals surface area contributed by atoms with Crippen LogP contribution in [0.3, 0.4) is 0 Å². The molecular weight excluding hydrogens is 400 g/mol. The van der Waals surface area contributed by atoms with Crippen LogP contribution in [-0.2, 0) is 6.54 Å². The summed E-state index contributed by atoms with van der Waals surface area (Å²) in [5.74, 6) is 0. The zero-order chi connectivity index (χ0) is 22.8. The fourth-order valence-corrected chi connectivity index (χ4v) is 6.57. The summed E-state index contributed by atoms with van der Waals surface area (Å²) in [5.41, 5.74) is 4.41. The SMILES string of the molecule is Cc1ccccc1N1C=[N+](Cc2c3ccccc3cc3ccccc23)[C@]2(C)CC[C@H]1C2(C)C. The molecule has 1 fully saturated rings. The van der Waals surface area contributed by atoms with Crippen molar-refractivity contribution in [2.24, 2.45) is 5.41 Å². The summed E-state index contributed by atoms with van der Waals surface area (Å²) >= 11 is 0. The smallest absolute Gasteiger partial charge is 0.240 e. The van der Waals surface area contributed by atoms with Crippen molar-refractivity contribution in [2.75, 3.05) is 4.90 Å². The highest BCUT2D eigenvalue weighted by Crippen LogP contribution is 2.53. The van der Waals surface area contributed by atoms with Gasteiger partial charge >= 0.3 is 0 Å². The Bertz CT molecular complexity index is 1360. The average molecular weight is 434 g/mol. The van der Waals surface area contributed by atoms with Gasteiger partial charge in [0, 0.05) is 11.0 Å². The Balaban J connectivity index is 1.57. The van der Waals surface area contributed by atoms with Crippen LogP contribution in [0.25, 0.3) is 21.5 Å². The van der Waals surface area contributed by atoms with Gasteiger partial charge in [0.2, 0.25) is 6.34 Å². The van der Waals surface area contributed by atoms with Gasteiger partial charge in [0.25, 0.3) is 0 Å². The van der Waals surface area contributed by atoms with E-state index >= 15 is 0 Å². The molecule has 33 heavy (non-hydrogen) atoms. The molecule has 2 bridgehead atoms. The zero-order valence-corrected chi connectivity index (χ0v) is 20.2. The second kappa shape index (κ2) is 7.18. The molecule has 0 saturated heterocycles. The number of aryl methyl sites for hydroxylation is 1. The first-order chi connectivity index (χ1) is 15.9. The molecule has 1 heterocycles. The number of hydrogen-bond acceptors (Lipinski definition) is 1. The summed E-state index contributed by atoms with van der Waals surface area (Å²) in [5, 5.41) is 5.39. The van der Waals surface area contributed by atoms with Gasteiger partial charge in [-0.3, -0.25) is 4.58 Å². The molecule has 2 aliphatic rings. The van der Waals surface area contributed by atoms with Gasteiger partial charge in [0.15, 0.2) is 0 Å². The van der Waals surface area contributed by atoms with Gasteiger partial charge in [0.05, 0.1) is 0 Å². The van der Waals surface area contributed by atoms with E-state index in [1.54, 1.807) is 0 Å². The van der Waals surface area contributed by atoms with Crippen LogP contribution in [0.15, 0.2) is 78.9 Å². The molecule has 166 valence electrons. The third kappa shape index (κ3) is 2.89. The lowest BCUT2D eigenvalue weighted by Gasteiger charge is -2.46. The zero-order valence-electron chi connectivity index (χ0n) is 20.2. The summed E-state index contributed by atoms with van der Waals surface area (Å²) < 4.78 is 2.66. The molecule has 1 saturated carbocycles. The fraction of sp³-hybridized carbons (Fsp3) is 0.323. The summed E-state index contributed by atoms with van der Waals surface area (Å²) in [7, 11) is 0. The van der Waals surface area contributed by atoms with Gasteiger partial charge in [-0.1, -0.05) is 80.6 Å². The van der Waals surface area contributed by atoms with Crippen molar-refractivity contribution in [3.8, 4) is 0 Å². The molecule has 1 aliphatic carbocycles. The van der Waals surface area contributed by atoms with E-state index in [1.165, 1.54) is 51.2 Å². The van der Waals surface area contributed by atoms with Crippen LogP contribution in [-0.4, -0.2) is 22.5 Å². The van der Waals surface area contributed by atoms with Crippen LogP contribution >= 0.6 is 0 Å². The van der Waals surface area contributed by atoms with Crippen molar-refractivity contribution in [1.29, 1.82) is 0 Å². The van der Waals surface area contributed by atoms with Crippen molar-refractivity contribution in [3.05, 3.63) is 90.0 Å².